The Bertz CT molecular complexity index is 489. The fourth-order valence-corrected chi connectivity index (χ4v) is 1.92. The van der Waals surface area contributed by atoms with Crippen molar-refractivity contribution >= 4 is 15.5 Å². The number of hydrogen-bond acceptors (Lipinski definition) is 4. The maximum absolute atomic E-state index is 11.2. The summed E-state index contributed by atoms with van der Waals surface area (Å²) in [5, 5.41) is 11.8. The Kier molecular flexibility index (Phi) is 4.32. The second-order valence-corrected chi connectivity index (χ2v) is 5.79. The molecular formula is C11H14N2O2S. The van der Waals surface area contributed by atoms with E-state index in [0.717, 1.165) is 0 Å². The summed E-state index contributed by atoms with van der Waals surface area (Å²) in [7, 11) is -2.95. The van der Waals surface area contributed by atoms with Gasteiger partial charge >= 0.3 is 0 Å². The van der Waals surface area contributed by atoms with E-state index < -0.39 is 9.84 Å². The molecule has 0 saturated heterocycles. The van der Waals surface area contributed by atoms with Crippen LogP contribution in [0.2, 0.25) is 0 Å². The highest BCUT2D eigenvalue weighted by atomic mass is 32.2. The average molecular weight is 238 g/mol. The summed E-state index contributed by atoms with van der Waals surface area (Å²) in [5.41, 5.74) is 1.20. The quantitative estimate of drug-likeness (QED) is 0.842. The van der Waals surface area contributed by atoms with Gasteiger partial charge < -0.3 is 5.32 Å². The molecule has 0 atom stereocenters. The summed E-state index contributed by atoms with van der Waals surface area (Å²) in [6.07, 6.45) is 0. The first kappa shape index (κ1) is 12.5. The highest BCUT2D eigenvalue weighted by molar-refractivity contribution is 7.91. The van der Waals surface area contributed by atoms with Gasteiger partial charge in [0.15, 0.2) is 9.84 Å². The molecule has 5 heteroatoms. The van der Waals surface area contributed by atoms with Crippen molar-refractivity contribution in [3.8, 4) is 6.07 Å². The molecular weight excluding hydrogens is 224 g/mol. The smallest absolute Gasteiger partial charge is 0.151 e. The van der Waals surface area contributed by atoms with Crippen LogP contribution in [0.15, 0.2) is 24.3 Å². The van der Waals surface area contributed by atoms with Gasteiger partial charge in [-0.1, -0.05) is 19.1 Å². The molecule has 0 spiro atoms. The Hall–Kier alpha value is -1.54. The summed E-state index contributed by atoms with van der Waals surface area (Å²) in [4.78, 5) is 0. The SMILES string of the molecule is CCS(=O)(=O)CCNc1ccccc1C#N. The van der Waals surface area contributed by atoms with E-state index in [1.54, 1.807) is 31.2 Å². The zero-order valence-electron chi connectivity index (χ0n) is 9.10. The van der Waals surface area contributed by atoms with E-state index >= 15 is 0 Å². The third-order valence-corrected chi connectivity index (χ3v) is 3.92. The van der Waals surface area contributed by atoms with Crippen molar-refractivity contribution in [1.82, 2.24) is 0 Å². The Morgan fingerprint density at radius 3 is 2.69 bits per heavy atom. The lowest BCUT2D eigenvalue weighted by Crippen LogP contribution is -2.17. The number of sulfone groups is 1. The van der Waals surface area contributed by atoms with Gasteiger partial charge in [0.25, 0.3) is 0 Å². The minimum absolute atomic E-state index is 0.0866. The molecule has 1 rings (SSSR count). The van der Waals surface area contributed by atoms with Crippen molar-refractivity contribution in [3.05, 3.63) is 29.8 Å². The van der Waals surface area contributed by atoms with E-state index in [2.05, 4.69) is 5.32 Å². The van der Waals surface area contributed by atoms with Gasteiger partial charge in [-0.05, 0) is 12.1 Å². The maximum atomic E-state index is 11.2. The first-order valence-electron chi connectivity index (χ1n) is 5.02. The number of anilines is 1. The Balaban J connectivity index is 2.60. The van der Waals surface area contributed by atoms with Gasteiger partial charge in [-0.3, -0.25) is 0 Å². The molecule has 0 saturated carbocycles. The summed E-state index contributed by atoms with van der Waals surface area (Å²) in [6.45, 7) is 1.95. The number of benzene rings is 1. The molecule has 0 heterocycles. The van der Waals surface area contributed by atoms with Crippen molar-refractivity contribution in [2.75, 3.05) is 23.4 Å². The standard InChI is InChI=1S/C11H14N2O2S/c1-2-16(14,15)8-7-13-11-6-4-3-5-10(11)9-12/h3-6,13H,2,7-8H2,1H3. The van der Waals surface area contributed by atoms with Gasteiger partial charge in [-0.25, -0.2) is 8.42 Å². The monoisotopic (exact) mass is 238 g/mol. The molecule has 0 aliphatic heterocycles. The minimum atomic E-state index is -2.95. The molecule has 0 aliphatic rings. The van der Waals surface area contributed by atoms with E-state index in [0.29, 0.717) is 17.8 Å². The molecule has 0 unspecified atom stereocenters. The Labute approximate surface area is 95.8 Å². The van der Waals surface area contributed by atoms with Crippen LogP contribution in [0.3, 0.4) is 0 Å². The van der Waals surface area contributed by atoms with Gasteiger partial charge in [0.2, 0.25) is 0 Å². The van der Waals surface area contributed by atoms with E-state index in [1.165, 1.54) is 0 Å². The van der Waals surface area contributed by atoms with Crippen LogP contribution in [0.5, 0.6) is 0 Å². The van der Waals surface area contributed by atoms with Gasteiger partial charge in [-0.15, -0.1) is 0 Å². The Morgan fingerprint density at radius 2 is 2.06 bits per heavy atom. The molecule has 1 aromatic rings. The van der Waals surface area contributed by atoms with Gasteiger partial charge in [0.1, 0.15) is 6.07 Å². The van der Waals surface area contributed by atoms with Crippen LogP contribution in [0.25, 0.3) is 0 Å². The van der Waals surface area contributed by atoms with E-state index in [4.69, 9.17) is 5.26 Å². The minimum Gasteiger partial charge on any atom is -0.383 e. The molecule has 0 amide bonds. The first-order valence-corrected chi connectivity index (χ1v) is 6.84. The zero-order valence-corrected chi connectivity index (χ0v) is 9.92. The number of para-hydroxylation sites is 1. The third kappa shape index (κ3) is 3.55. The normalized spacial score (nSPS) is 10.8. The molecule has 1 aromatic carbocycles. The van der Waals surface area contributed by atoms with Crippen LogP contribution in [0.1, 0.15) is 12.5 Å². The number of hydrogen-bond donors (Lipinski definition) is 1. The van der Waals surface area contributed by atoms with Crippen molar-refractivity contribution in [1.29, 1.82) is 5.26 Å². The second kappa shape index (κ2) is 5.52. The van der Waals surface area contributed by atoms with Crippen LogP contribution in [0, 0.1) is 11.3 Å². The molecule has 0 fully saturated rings. The van der Waals surface area contributed by atoms with Crippen molar-refractivity contribution in [3.63, 3.8) is 0 Å². The highest BCUT2D eigenvalue weighted by Gasteiger charge is 2.07. The average Bonchev–Trinajstić information content (AvgIpc) is 2.29. The summed E-state index contributed by atoms with van der Waals surface area (Å²) >= 11 is 0. The molecule has 0 aromatic heterocycles. The van der Waals surface area contributed by atoms with Crippen LogP contribution < -0.4 is 5.32 Å². The highest BCUT2D eigenvalue weighted by Crippen LogP contribution is 2.12. The van der Waals surface area contributed by atoms with Crippen molar-refractivity contribution in [2.45, 2.75) is 6.92 Å². The lowest BCUT2D eigenvalue weighted by Gasteiger charge is -2.07. The topological polar surface area (TPSA) is 70.0 Å². The fourth-order valence-electron chi connectivity index (χ4n) is 1.22. The number of nitrogens with one attached hydrogen (secondary N) is 1. The molecule has 16 heavy (non-hydrogen) atoms. The first-order chi connectivity index (χ1) is 7.59. The van der Waals surface area contributed by atoms with Crippen LogP contribution in [-0.4, -0.2) is 26.5 Å². The lowest BCUT2D eigenvalue weighted by molar-refractivity contribution is 0.597. The van der Waals surface area contributed by atoms with Gasteiger partial charge in [0, 0.05) is 12.3 Å². The summed E-state index contributed by atoms with van der Waals surface area (Å²) < 4.78 is 22.5. The predicted octanol–water partition coefficient (Wildman–Crippen LogP) is 1.40. The fraction of sp³-hybridized carbons (Fsp3) is 0.364. The number of nitrogens with zero attached hydrogens (tertiary/aromatic N) is 1. The Morgan fingerprint density at radius 1 is 1.38 bits per heavy atom. The largest absolute Gasteiger partial charge is 0.383 e. The molecule has 4 nitrogen and oxygen atoms in total. The lowest BCUT2D eigenvalue weighted by atomic mass is 10.2. The van der Waals surface area contributed by atoms with Crippen molar-refractivity contribution in [2.24, 2.45) is 0 Å². The second-order valence-electron chi connectivity index (χ2n) is 3.32. The summed E-state index contributed by atoms with van der Waals surface area (Å²) in [5.74, 6) is 0.234. The van der Waals surface area contributed by atoms with Crippen LogP contribution in [-0.2, 0) is 9.84 Å². The predicted molar refractivity (Wildman–Crippen MR) is 64.0 cm³/mol. The van der Waals surface area contributed by atoms with Gasteiger partial charge in [0.05, 0.1) is 17.0 Å². The number of rotatable bonds is 5. The third-order valence-electron chi connectivity index (χ3n) is 2.22. The van der Waals surface area contributed by atoms with Crippen LogP contribution in [0.4, 0.5) is 5.69 Å². The van der Waals surface area contributed by atoms with Crippen LogP contribution >= 0.6 is 0 Å². The molecule has 0 aliphatic carbocycles. The van der Waals surface area contributed by atoms with Crippen molar-refractivity contribution < 1.29 is 8.42 Å². The summed E-state index contributed by atoms with van der Waals surface area (Å²) in [6, 6.07) is 9.07. The molecule has 86 valence electrons. The molecule has 0 radical (unpaired) electrons. The van der Waals surface area contributed by atoms with E-state index in [1.807, 2.05) is 6.07 Å². The molecule has 0 bridgehead atoms. The zero-order chi connectivity index (χ0) is 12.0. The van der Waals surface area contributed by atoms with E-state index in [9.17, 15) is 8.42 Å². The maximum Gasteiger partial charge on any atom is 0.151 e. The van der Waals surface area contributed by atoms with E-state index in [-0.39, 0.29) is 11.5 Å². The molecule has 1 N–H and O–H groups in total. The number of nitriles is 1. The van der Waals surface area contributed by atoms with Gasteiger partial charge in [-0.2, -0.15) is 5.26 Å².